The minimum Gasteiger partial charge on any atom is -0.466 e. The summed E-state index contributed by atoms with van der Waals surface area (Å²) in [7, 11) is 0. The number of amides is 1. The van der Waals surface area contributed by atoms with E-state index in [-0.39, 0.29) is 17.8 Å². The number of hydrogen-bond donors (Lipinski definition) is 0. The van der Waals surface area contributed by atoms with Gasteiger partial charge in [-0.05, 0) is 44.0 Å². The Morgan fingerprint density at radius 1 is 1.36 bits per heavy atom. The van der Waals surface area contributed by atoms with Crippen LogP contribution in [0.5, 0.6) is 0 Å². The van der Waals surface area contributed by atoms with Crippen LogP contribution in [0.4, 0.5) is 0 Å². The highest BCUT2D eigenvalue weighted by Gasteiger charge is 2.29. The molecule has 0 N–H and O–H groups in total. The van der Waals surface area contributed by atoms with Gasteiger partial charge < -0.3 is 9.64 Å². The lowest BCUT2D eigenvalue weighted by atomic mass is 9.98. The minimum atomic E-state index is -0.189. The first-order valence-electron chi connectivity index (χ1n) is 7.43. The highest BCUT2D eigenvalue weighted by molar-refractivity contribution is 8.00. The molecule has 0 radical (unpaired) electrons. The molecule has 0 spiro atoms. The standard InChI is InChI=1S/C16H20ClNO3S/c1-2-21-16(20)12-4-3-9-18(10-12)15(19)11-22-14-7-5-13(17)6-8-14/h5-8,12H,2-4,9-11H2,1H3/t12-/m0/s1. The maximum atomic E-state index is 12.3. The minimum absolute atomic E-state index is 0.0638. The predicted molar refractivity (Wildman–Crippen MR) is 88.1 cm³/mol. The summed E-state index contributed by atoms with van der Waals surface area (Å²) in [5, 5.41) is 0.684. The van der Waals surface area contributed by atoms with Crippen molar-refractivity contribution in [3.63, 3.8) is 0 Å². The summed E-state index contributed by atoms with van der Waals surface area (Å²) in [6.07, 6.45) is 1.65. The van der Waals surface area contributed by atoms with Crippen molar-refractivity contribution >= 4 is 35.2 Å². The highest BCUT2D eigenvalue weighted by atomic mass is 35.5. The molecular formula is C16H20ClNO3S. The van der Waals surface area contributed by atoms with Gasteiger partial charge in [0.25, 0.3) is 0 Å². The number of halogens is 1. The molecule has 2 rings (SSSR count). The van der Waals surface area contributed by atoms with Gasteiger partial charge in [0.05, 0.1) is 18.3 Å². The zero-order valence-corrected chi connectivity index (χ0v) is 14.2. The average Bonchev–Trinajstić information content (AvgIpc) is 2.54. The van der Waals surface area contributed by atoms with Gasteiger partial charge in [-0.1, -0.05) is 11.6 Å². The van der Waals surface area contributed by atoms with Gasteiger partial charge in [0, 0.05) is 23.0 Å². The van der Waals surface area contributed by atoms with E-state index in [1.165, 1.54) is 11.8 Å². The second kappa shape index (κ2) is 8.44. The van der Waals surface area contributed by atoms with E-state index in [2.05, 4.69) is 0 Å². The third-order valence-electron chi connectivity index (χ3n) is 3.57. The number of ether oxygens (including phenoxy) is 1. The van der Waals surface area contributed by atoms with Crippen LogP contribution in [0, 0.1) is 5.92 Å². The summed E-state index contributed by atoms with van der Waals surface area (Å²) in [6, 6.07) is 7.42. The molecule has 1 aromatic carbocycles. The zero-order valence-electron chi connectivity index (χ0n) is 12.6. The van der Waals surface area contributed by atoms with Crippen LogP contribution in [-0.2, 0) is 14.3 Å². The van der Waals surface area contributed by atoms with Crippen LogP contribution in [0.3, 0.4) is 0 Å². The van der Waals surface area contributed by atoms with Crippen molar-refractivity contribution in [2.75, 3.05) is 25.4 Å². The molecule has 0 unspecified atom stereocenters. The van der Waals surface area contributed by atoms with Gasteiger partial charge in [-0.15, -0.1) is 11.8 Å². The van der Waals surface area contributed by atoms with Crippen LogP contribution in [0.1, 0.15) is 19.8 Å². The largest absolute Gasteiger partial charge is 0.466 e. The number of thioether (sulfide) groups is 1. The van der Waals surface area contributed by atoms with E-state index in [0.29, 0.717) is 23.9 Å². The van der Waals surface area contributed by atoms with E-state index < -0.39 is 0 Å². The molecule has 1 heterocycles. The first kappa shape index (κ1) is 17.2. The first-order chi connectivity index (χ1) is 10.6. The molecule has 1 fully saturated rings. The lowest BCUT2D eigenvalue weighted by Crippen LogP contribution is -2.43. The SMILES string of the molecule is CCOC(=O)[C@H]1CCCN(C(=O)CSc2ccc(Cl)cc2)C1. The molecule has 6 heteroatoms. The predicted octanol–water partition coefficient (Wildman–Crippen LogP) is 3.23. The van der Waals surface area contributed by atoms with E-state index in [9.17, 15) is 9.59 Å². The quantitative estimate of drug-likeness (QED) is 0.609. The fraction of sp³-hybridized carbons (Fsp3) is 0.500. The summed E-state index contributed by atoms with van der Waals surface area (Å²) in [4.78, 5) is 26.9. The van der Waals surface area contributed by atoms with Crippen LogP contribution in [-0.4, -0.2) is 42.2 Å². The Morgan fingerprint density at radius 3 is 2.77 bits per heavy atom. The molecule has 1 aliphatic heterocycles. The molecule has 0 bridgehead atoms. The Kier molecular flexibility index (Phi) is 6.58. The number of likely N-dealkylation sites (tertiary alicyclic amines) is 1. The topological polar surface area (TPSA) is 46.6 Å². The number of hydrogen-bond acceptors (Lipinski definition) is 4. The Bertz CT molecular complexity index is 521. The molecule has 1 aliphatic rings. The third kappa shape index (κ3) is 4.92. The summed E-state index contributed by atoms with van der Waals surface area (Å²) in [5.74, 6) is 0.0643. The maximum Gasteiger partial charge on any atom is 0.310 e. The van der Waals surface area contributed by atoms with Gasteiger partial charge in [-0.2, -0.15) is 0 Å². The molecule has 4 nitrogen and oxygen atoms in total. The number of esters is 1. The first-order valence-corrected chi connectivity index (χ1v) is 8.79. The summed E-state index contributed by atoms with van der Waals surface area (Å²) < 4.78 is 5.06. The van der Waals surface area contributed by atoms with Crippen molar-refractivity contribution in [2.45, 2.75) is 24.7 Å². The van der Waals surface area contributed by atoms with E-state index in [4.69, 9.17) is 16.3 Å². The number of carbonyl (C=O) groups excluding carboxylic acids is 2. The van der Waals surface area contributed by atoms with E-state index in [1.807, 2.05) is 24.3 Å². The second-order valence-electron chi connectivity index (χ2n) is 5.17. The van der Waals surface area contributed by atoms with E-state index in [0.717, 1.165) is 24.3 Å². The summed E-state index contributed by atoms with van der Waals surface area (Å²) >= 11 is 7.32. The number of carbonyl (C=O) groups is 2. The fourth-order valence-corrected chi connectivity index (χ4v) is 3.35. The van der Waals surface area contributed by atoms with E-state index >= 15 is 0 Å². The average molecular weight is 342 g/mol. The van der Waals surface area contributed by atoms with Crippen molar-refractivity contribution in [2.24, 2.45) is 5.92 Å². The molecule has 1 amide bonds. The van der Waals surface area contributed by atoms with Crippen LogP contribution in [0.2, 0.25) is 5.02 Å². The molecular weight excluding hydrogens is 322 g/mol. The number of rotatable bonds is 5. The van der Waals surface area contributed by atoms with Gasteiger partial charge in [0.2, 0.25) is 5.91 Å². The monoisotopic (exact) mass is 341 g/mol. The Morgan fingerprint density at radius 2 is 2.09 bits per heavy atom. The number of piperidine rings is 1. The van der Waals surface area contributed by atoms with Gasteiger partial charge in [-0.25, -0.2) is 0 Å². The normalized spacial score (nSPS) is 18.1. The van der Waals surface area contributed by atoms with Crippen molar-refractivity contribution in [3.05, 3.63) is 29.3 Å². The molecule has 1 aromatic rings. The highest BCUT2D eigenvalue weighted by Crippen LogP contribution is 2.23. The fourth-order valence-electron chi connectivity index (χ4n) is 2.42. The van der Waals surface area contributed by atoms with Crippen LogP contribution in [0.25, 0.3) is 0 Å². The molecule has 0 aromatic heterocycles. The van der Waals surface area contributed by atoms with Crippen LogP contribution < -0.4 is 0 Å². The third-order valence-corrected chi connectivity index (χ3v) is 4.82. The molecule has 1 atom stereocenters. The lowest BCUT2D eigenvalue weighted by molar-refractivity contribution is -0.151. The molecule has 1 saturated heterocycles. The number of benzene rings is 1. The Balaban J connectivity index is 1.83. The molecule has 0 saturated carbocycles. The van der Waals surface area contributed by atoms with Crippen molar-refractivity contribution < 1.29 is 14.3 Å². The smallest absolute Gasteiger partial charge is 0.310 e. The number of nitrogens with zero attached hydrogens (tertiary/aromatic N) is 1. The van der Waals surface area contributed by atoms with E-state index in [1.54, 1.807) is 11.8 Å². The van der Waals surface area contributed by atoms with Gasteiger partial charge >= 0.3 is 5.97 Å². The van der Waals surface area contributed by atoms with Crippen molar-refractivity contribution in [3.8, 4) is 0 Å². The molecule has 0 aliphatic carbocycles. The van der Waals surface area contributed by atoms with Crippen LogP contribution >= 0.6 is 23.4 Å². The molecule has 22 heavy (non-hydrogen) atoms. The van der Waals surface area contributed by atoms with Crippen molar-refractivity contribution in [1.82, 2.24) is 4.90 Å². The Labute approximate surface area is 140 Å². The second-order valence-corrected chi connectivity index (χ2v) is 6.66. The van der Waals surface area contributed by atoms with Gasteiger partial charge in [0.15, 0.2) is 0 Å². The van der Waals surface area contributed by atoms with Gasteiger partial charge in [0.1, 0.15) is 0 Å². The van der Waals surface area contributed by atoms with Crippen LogP contribution in [0.15, 0.2) is 29.2 Å². The maximum absolute atomic E-state index is 12.3. The lowest BCUT2D eigenvalue weighted by Gasteiger charge is -2.31. The summed E-state index contributed by atoms with van der Waals surface area (Å²) in [5.41, 5.74) is 0. The van der Waals surface area contributed by atoms with Crippen molar-refractivity contribution in [1.29, 1.82) is 0 Å². The summed E-state index contributed by atoms with van der Waals surface area (Å²) in [6.45, 7) is 3.37. The Hall–Kier alpha value is -1.20. The zero-order chi connectivity index (χ0) is 15.9. The molecule has 120 valence electrons. The van der Waals surface area contributed by atoms with Gasteiger partial charge in [-0.3, -0.25) is 9.59 Å².